The molecule has 0 aromatic heterocycles. The first-order chi connectivity index (χ1) is 13.4. The van der Waals surface area contributed by atoms with Gasteiger partial charge in [-0.25, -0.2) is 8.78 Å². The Balaban J connectivity index is 1.58. The SMILES string of the molecule is CC(C(=O)Nc1ccccc1F)N1CCN(C(=O)c2cc(Cl)ccc2F)CC1. The standard InChI is InChI=1S/C20H20ClF2N3O2/c1-13(19(27)24-18-5-3-2-4-17(18)23)25-8-10-26(11-9-25)20(28)15-12-14(21)6-7-16(15)22/h2-7,12-13H,8-11H2,1H3,(H,24,27). The molecule has 148 valence electrons. The Bertz CT molecular complexity index is 886. The van der Waals surface area contributed by atoms with E-state index in [9.17, 15) is 18.4 Å². The van der Waals surface area contributed by atoms with Crippen LogP contribution in [0.15, 0.2) is 42.5 Å². The lowest BCUT2D eigenvalue weighted by molar-refractivity contribution is -0.121. The number of piperazine rings is 1. The van der Waals surface area contributed by atoms with Crippen molar-refractivity contribution in [2.75, 3.05) is 31.5 Å². The Hall–Kier alpha value is -2.51. The van der Waals surface area contributed by atoms with Crippen LogP contribution in [0.1, 0.15) is 17.3 Å². The molecule has 1 unspecified atom stereocenters. The van der Waals surface area contributed by atoms with Crippen molar-refractivity contribution >= 4 is 29.1 Å². The molecule has 0 radical (unpaired) electrons. The number of anilines is 1. The molecule has 1 N–H and O–H groups in total. The number of halogens is 3. The highest BCUT2D eigenvalue weighted by atomic mass is 35.5. The van der Waals surface area contributed by atoms with Gasteiger partial charge in [-0.3, -0.25) is 14.5 Å². The van der Waals surface area contributed by atoms with Gasteiger partial charge >= 0.3 is 0 Å². The van der Waals surface area contributed by atoms with Gasteiger partial charge in [0.25, 0.3) is 5.91 Å². The van der Waals surface area contributed by atoms with Crippen LogP contribution in [0.5, 0.6) is 0 Å². The van der Waals surface area contributed by atoms with E-state index < -0.39 is 23.6 Å². The van der Waals surface area contributed by atoms with Crippen LogP contribution in [0.3, 0.4) is 0 Å². The maximum absolute atomic E-state index is 13.9. The zero-order valence-electron chi connectivity index (χ0n) is 15.3. The predicted molar refractivity (Wildman–Crippen MR) is 103 cm³/mol. The maximum Gasteiger partial charge on any atom is 0.256 e. The van der Waals surface area contributed by atoms with Crippen molar-refractivity contribution in [3.05, 3.63) is 64.7 Å². The fourth-order valence-corrected chi connectivity index (χ4v) is 3.28. The Kier molecular flexibility index (Phi) is 6.26. The normalized spacial score (nSPS) is 15.9. The summed E-state index contributed by atoms with van der Waals surface area (Å²) in [6.45, 7) is 3.31. The highest BCUT2D eigenvalue weighted by molar-refractivity contribution is 6.31. The number of carbonyl (C=O) groups excluding carboxylic acids is 2. The van der Waals surface area contributed by atoms with E-state index in [2.05, 4.69) is 5.32 Å². The molecule has 1 aliphatic heterocycles. The summed E-state index contributed by atoms with van der Waals surface area (Å²) in [4.78, 5) is 28.4. The first-order valence-corrected chi connectivity index (χ1v) is 9.28. The Morgan fingerprint density at radius 1 is 1.04 bits per heavy atom. The third-order valence-corrected chi connectivity index (χ3v) is 5.05. The van der Waals surface area contributed by atoms with Gasteiger partial charge in [0.1, 0.15) is 11.6 Å². The molecule has 0 saturated carbocycles. The van der Waals surface area contributed by atoms with Crippen molar-refractivity contribution in [1.29, 1.82) is 0 Å². The molecule has 2 aromatic rings. The molecular formula is C20H20ClF2N3O2. The Morgan fingerprint density at radius 2 is 1.71 bits per heavy atom. The number of para-hydroxylation sites is 1. The summed E-state index contributed by atoms with van der Waals surface area (Å²) in [5.74, 6) is -1.87. The lowest BCUT2D eigenvalue weighted by Crippen LogP contribution is -2.54. The van der Waals surface area contributed by atoms with Gasteiger partial charge in [-0.2, -0.15) is 0 Å². The average Bonchev–Trinajstić information content (AvgIpc) is 2.70. The summed E-state index contributed by atoms with van der Waals surface area (Å²) in [5.41, 5.74) is 0.0656. The Morgan fingerprint density at radius 3 is 2.39 bits per heavy atom. The lowest BCUT2D eigenvalue weighted by atomic mass is 10.1. The third kappa shape index (κ3) is 4.48. The summed E-state index contributed by atoms with van der Waals surface area (Å²) in [5, 5.41) is 2.87. The van der Waals surface area contributed by atoms with Crippen molar-refractivity contribution in [3.63, 3.8) is 0 Å². The van der Waals surface area contributed by atoms with E-state index in [1.54, 1.807) is 19.1 Å². The number of hydrogen-bond acceptors (Lipinski definition) is 3. The predicted octanol–water partition coefficient (Wildman–Crippen LogP) is 3.40. The number of nitrogens with zero attached hydrogens (tertiary/aromatic N) is 2. The average molecular weight is 408 g/mol. The van der Waals surface area contributed by atoms with Crippen molar-refractivity contribution in [2.45, 2.75) is 13.0 Å². The second kappa shape index (κ2) is 8.67. The first-order valence-electron chi connectivity index (χ1n) is 8.90. The van der Waals surface area contributed by atoms with Crippen LogP contribution < -0.4 is 5.32 Å². The maximum atomic E-state index is 13.9. The topological polar surface area (TPSA) is 52.7 Å². The fourth-order valence-electron chi connectivity index (χ4n) is 3.11. The van der Waals surface area contributed by atoms with Crippen LogP contribution in [-0.4, -0.2) is 53.8 Å². The van der Waals surface area contributed by atoms with Gasteiger partial charge in [0.05, 0.1) is 17.3 Å². The quantitative estimate of drug-likeness (QED) is 0.845. The molecule has 1 atom stereocenters. The van der Waals surface area contributed by atoms with E-state index in [0.717, 1.165) is 0 Å². The molecule has 1 fully saturated rings. The van der Waals surface area contributed by atoms with Crippen molar-refractivity contribution in [1.82, 2.24) is 9.80 Å². The summed E-state index contributed by atoms with van der Waals surface area (Å²) in [6, 6.07) is 9.34. The molecule has 2 amide bonds. The molecule has 3 rings (SSSR count). The number of rotatable bonds is 4. The number of amides is 2. The highest BCUT2D eigenvalue weighted by Gasteiger charge is 2.29. The zero-order valence-corrected chi connectivity index (χ0v) is 16.0. The minimum Gasteiger partial charge on any atom is -0.336 e. The minimum atomic E-state index is -0.616. The summed E-state index contributed by atoms with van der Waals surface area (Å²) in [6.07, 6.45) is 0. The lowest BCUT2D eigenvalue weighted by Gasteiger charge is -2.37. The van der Waals surface area contributed by atoms with Crippen molar-refractivity contribution in [2.24, 2.45) is 0 Å². The van der Waals surface area contributed by atoms with Crippen LogP contribution in [0.2, 0.25) is 5.02 Å². The van der Waals surface area contributed by atoms with E-state index >= 15 is 0 Å². The van der Waals surface area contributed by atoms with Gasteiger partial charge in [0, 0.05) is 31.2 Å². The molecule has 28 heavy (non-hydrogen) atoms. The zero-order chi connectivity index (χ0) is 20.3. The van der Waals surface area contributed by atoms with E-state index in [0.29, 0.717) is 31.2 Å². The van der Waals surface area contributed by atoms with Gasteiger partial charge in [-0.1, -0.05) is 23.7 Å². The van der Waals surface area contributed by atoms with E-state index in [4.69, 9.17) is 11.6 Å². The van der Waals surface area contributed by atoms with Crippen molar-refractivity contribution in [3.8, 4) is 0 Å². The molecule has 0 spiro atoms. The van der Waals surface area contributed by atoms with Gasteiger partial charge < -0.3 is 10.2 Å². The van der Waals surface area contributed by atoms with Crippen LogP contribution in [0.4, 0.5) is 14.5 Å². The number of hydrogen-bond donors (Lipinski definition) is 1. The number of carbonyl (C=O) groups is 2. The van der Waals surface area contributed by atoms with Crippen LogP contribution in [0.25, 0.3) is 0 Å². The second-order valence-electron chi connectivity index (χ2n) is 6.60. The van der Waals surface area contributed by atoms with Crippen LogP contribution in [-0.2, 0) is 4.79 Å². The van der Waals surface area contributed by atoms with Gasteiger partial charge in [0.2, 0.25) is 5.91 Å². The highest BCUT2D eigenvalue weighted by Crippen LogP contribution is 2.19. The molecule has 8 heteroatoms. The summed E-state index contributed by atoms with van der Waals surface area (Å²) >= 11 is 5.86. The monoisotopic (exact) mass is 407 g/mol. The molecule has 5 nitrogen and oxygen atoms in total. The van der Waals surface area contributed by atoms with Gasteiger partial charge in [-0.05, 0) is 37.3 Å². The van der Waals surface area contributed by atoms with E-state index in [1.807, 2.05) is 4.90 Å². The van der Waals surface area contributed by atoms with Gasteiger partial charge in [-0.15, -0.1) is 0 Å². The molecule has 1 aliphatic rings. The molecule has 1 saturated heterocycles. The largest absolute Gasteiger partial charge is 0.336 e. The second-order valence-corrected chi connectivity index (χ2v) is 7.03. The third-order valence-electron chi connectivity index (χ3n) is 4.82. The molecule has 1 heterocycles. The summed E-state index contributed by atoms with van der Waals surface area (Å²) < 4.78 is 27.6. The van der Waals surface area contributed by atoms with Crippen LogP contribution in [0, 0.1) is 11.6 Å². The molecule has 2 aromatic carbocycles. The number of benzene rings is 2. The molecular weight excluding hydrogens is 388 g/mol. The fraction of sp³-hybridized carbons (Fsp3) is 0.300. The smallest absolute Gasteiger partial charge is 0.256 e. The van der Waals surface area contributed by atoms with Crippen molar-refractivity contribution < 1.29 is 18.4 Å². The van der Waals surface area contributed by atoms with E-state index in [-0.39, 0.29) is 17.2 Å². The van der Waals surface area contributed by atoms with Gasteiger partial charge in [0.15, 0.2) is 0 Å². The minimum absolute atomic E-state index is 0.0636. The van der Waals surface area contributed by atoms with Crippen LogP contribution >= 0.6 is 11.6 Å². The van der Waals surface area contributed by atoms with E-state index in [1.165, 1.54) is 35.2 Å². The number of nitrogens with one attached hydrogen (secondary N) is 1. The molecule has 0 bridgehead atoms. The first kappa shape index (κ1) is 20.2. The Labute approximate surface area is 166 Å². The molecule has 0 aliphatic carbocycles. The summed E-state index contributed by atoms with van der Waals surface area (Å²) in [7, 11) is 0.